The van der Waals surface area contributed by atoms with Crippen LogP contribution in [0.2, 0.25) is 5.02 Å². The lowest BCUT2D eigenvalue weighted by atomic mass is 10.2. The van der Waals surface area contributed by atoms with E-state index in [4.69, 9.17) is 22.1 Å². The number of aryl methyl sites for hydroxylation is 1. The van der Waals surface area contributed by atoms with Crippen molar-refractivity contribution in [3.8, 4) is 5.75 Å². The van der Waals surface area contributed by atoms with E-state index in [1.165, 1.54) is 18.2 Å². The highest BCUT2D eigenvalue weighted by Crippen LogP contribution is 2.28. The van der Waals surface area contributed by atoms with Gasteiger partial charge in [-0.1, -0.05) is 11.6 Å². The Hall–Kier alpha value is -0.940. The highest BCUT2D eigenvalue weighted by atomic mass is 35.5. The minimum absolute atomic E-state index is 0.136. The van der Waals surface area contributed by atoms with E-state index in [0.717, 1.165) is 0 Å². The van der Waals surface area contributed by atoms with Crippen molar-refractivity contribution in [2.75, 3.05) is 6.54 Å². The zero-order valence-electron chi connectivity index (χ0n) is 8.51. The van der Waals surface area contributed by atoms with Crippen LogP contribution in [0.1, 0.15) is 5.56 Å². The van der Waals surface area contributed by atoms with Gasteiger partial charge in [0.2, 0.25) is 6.10 Å². The van der Waals surface area contributed by atoms with Crippen molar-refractivity contribution >= 4 is 11.6 Å². The first kappa shape index (κ1) is 13.1. The van der Waals surface area contributed by atoms with E-state index in [-0.39, 0.29) is 5.75 Å². The van der Waals surface area contributed by atoms with Gasteiger partial charge in [-0.3, -0.25) is 0 Å². The number of nitrogens with two attached hydrogens (primary N) is 1. The van der Waals surface area contributed by atoms with Crippen molar-refractivity contribution in [2.45, 2.75) is 19.2 Å². The van der Waals surface area contributed by atoms with Gasteiger partial charge in [0, 0.05) is 11.6 Å². The summed E-state index contributed by atoms with van der Waals surface area (Å²) in [5, 5.41) is 0.446. The Balaban J connectivity index is 2.86. The van der Waals surface area contributed by atoms with E-state index in [1.807, 2.05) is 0 Å². The molecule has 0 aliphatic rings. The van der Waals surface area contributed by atoms with Gasteiger partial charge in [0.25, 0.3) is 0 Å². The van der Waals surface area contributed by atoms with Crippen molar-refractivity contribution in [1.82, 2.24) is 0 Å². The molecule has 1 rings (SSSR count). The molecule has 90 valence electrons. The molecule has 1 aromatic carbocycles. The SMILES string of the molecule is Cc1cc(Cl)ccc1OC(CN)C(F)(F)F. The van der Waals surface area contributed by atoms with Crippen LogP contribution in [0.5, 0.6) is 5.75 Å². The Morgan fingerprint density at radius 3 is 2.50 bits per heavy atom. The molecule has 0 saturated heterocycles. The second-order valence-corrected chi connectivity index (χ2v) is 3.73. The second-order valence-electron chi connectivity index (χ2n) is 3.29. The van der Waals surface area contributed by atoms with Crippen LogP contribution in [0.15, 0.2) is 18.2 Å². The van der Waals surface area contributed by atoms with Gasteiger partial charge in [-0.25, -0.2) is 0 Å². The Morgan fingerprint density at radius 2 is 2.06 bits per heavy atom. The third-order valence-electron chi connectivity index (χ3n) is 1.99. The van der Waals surface area contributed by atoms with E-state index in [2.05, 4.69) is 0 Å². The van der Waals surface area contributed by atoms with E-state index >= 15 is 0 Å². The zero-order valence-corrected chi connectivity index (χ0v) is 9.27. The molecule has 0 aliphatic heterocycles. The molecule has 2 nitrogen and oxygen atoms in total. The highest BCUT2D eigenvalue weighted by molar-refractivity contribution is 6.30. The molecule has 0 spiro atoms. The number of benzene rings is 1. The first-order valence-corrected chi connectivity index (χ1v) is 4.92. The summed E-state index contributed by atoms with van der Waals surface area (Å²) in [6.45, 7) is 0.997. The van der Waals surface area contributed by atoms with Crippen molar-refractivity contribution in [3.63, 3.8) is 0 Å². The molecular weight excluding hydrogens is 243 g/mol. The van der Waals surface area contributed by atoms with Crippen LogP contribution < -0.4 is 10.5 Å². The van der Waals surface area contributed by atoms with Crippen molar-refractivity contribution in [1.29, 1.82) is 0 Å². The molecule has 1 atom stereocenters. The standard InChI is InChI=1S/C10H11ClF3NO/c1-6-4-7(11)2-3-8(6)16-9(5-15)10(12,13)14/h2-4,9H,5,15H2,1H3. The Labute approximate surface area is 96.1 Å². The number of rotatable bonds is 3. The fourth-order valence-corrected chi connectivity index (χ4v) is 1.37. The Bertz CT molecular complexity index is 368. The Kier molecular flexibility index (Phi) is 4.04. The monoisotopic (exact) mass is 253 g/mol. The molecule has 0 fully saturated rings. The predicted molar refractivity (Wildman–Crippen MR) is 55.7 cm³/mol. The van der Waals surface area contributed by atoms with E-state index in [1.54, 1.807) is 6.92 Å². The lowest BCUT2D eigenvalue weighted by molar-refractivity contribution is -0.191. The van der Waals surface area contributed by atoms with Gasteiger partial charge in [-0.05, 0) is 30.7 Å². The number of halogens is 4. The van der Waals surface area contributed by atoms with Gasteiger partial charge < -0.3 is 10.5 Å². The third-order valence-corrected chi connectivity index (χ3v) is 2.22. The van der Waals surface area contributed by atoms with Crippen LogP contribution in [0.3, 0.4) is 0 Å². The highest BCUT2D eigenvalue weighted by Gasteiger charge is 2.40. The molecule has 0 heterocycles. The summed E-state index contributed by atoms with van der Waals surface area (Å²) in [7, 11) is 0. The molecule has 0 saturated carbocycles. The summed E-state index contributed by atoms with van der Waals surface area (Å²) >= 11 is 5.67. The smallest absolute Gasteiger partial charge is 0.426 e. The van der Waals surface area contributed by atoms with Gasteiger partial charge >= 0.3 is 6.18 Å². The molecule has 0 amide bonds. The summed E-state index contributed by atoms with van der Waals surface area (Å²) in [5.74, 6) is 0.136. The largest absolute Gasteiger partial charge is 0.479 e. The summed E-state index contributed by atoms with van der Waals surface area (Å²) in [6.07, 6.45) is -6.46. The fraction of sp³-hybridized carbons (Fsp3) is 0.400. The number of hydrogen-bond donors (Lipinski definition) is 1. The number of hydrogen-bond acceptors (Lipinski definition) is 2. The molecule has 6 heteroatoms. The van der Waals surface area contributed by atoms with Gasteiger partial charge in [0.15, 0.2) is 0 Å². The van der Waals surface area contributed by atoms with E-state index in [0.29, 0.717) is 10.6 Å². The molecule has 0 aliphatic carbocycles. The molecule has 1 aromatic rings. The third kappa shape index (κ3) is 3.28. The first-order valence-electron chi connectivity index (χ1n) is 4.54. The minimum Gasteiger partial charge on any atom is -0.479 e. The zero-order chi connectivity index (χ0) is 12.3. The quantitative estimate of drug-likeness (QED) is 0.899. The summed E-state index contributed by atoms with van der Waals surface area (Å²) in [6, 6.07) is 4.39. The van der Waals surface area contributed by atoms with Gasteiger partial charge in [0.1, 0.15) is 5.75 Å². The van der Waals surface area contributed by atoms with E-state index in [9.17, 15) is 13.2 Å². The van der Waals surface area contributed by atoms with Crippen LogP contribution in [-0.4, -0.2) is 18.8 Å². The lowest BCUT2D eigenvalue weighted by Gasteiger charge is -2.21. The number of ether oxygens (including phenoxy) is 1. The van der Waals surface area contributed by atoms with Crippen LogP contribution in [-0.2, 0) is 0 Å². The average Bonchev–Trinajstić information content (AvgIpc) is 2.14. The van der Waals surface area contributed by atoms with Crippen molar-refractivity contribution in [3.05, 3.63) is 28.8 Å². The van der Waals surface area contributed by atoms with Gasteiger partial charge in [-0.15, -0.1) is 0 Å². The van der Waals surface area contributed by atoms with E-state index < -0.39 is 18.8 Å². The van der Waals surface area contributed by atoms with Crippen molar-refractivity contribution < 1.29 is 17.9 Å². The second kappa shape index (κ2) is 4.93. The van der Waals surface area contributed by atoms with Crippen LogP contribution in [0.4, 0.5) is 13.2 Å². The minimum atomic E-state index is -4.47. The maximum Gasteiger partial charge on any atom is 0.426 e. The predicted octanol–water partition coefficient (Wildman–Crippen LogP) is 2.92. The van der Waals surface area contributed by atoms with Crippen LogP contribution >= 0.6 is 11.6 Å². The number of alkyl halides is 3. The summed E-state index contributed by atoms with van der Waals surface area (Å²) < 4.78 is 42.0. The molecule has 1 unspecified atom stereocenters. The average molecular weight is 254 g/mol. The molecule has 0 radical (unpaired) electrons. The molecule has 0 bridgehead atoms. The maximum absolute atomic E-state index is 12.4. The topological polar surface area (TPSA) is 35.2 Å². The summed E-state index contributed by atoms with van der Waals surface area (Å²) in [4.78, 5) is 0. The first-order chi connectivity index (χ1) is 7.34. The fourth-order valence-electron chi connectivity index (χ4n) is 1.15. The molecule has 2 N–H and O–H groups in total. The van der Waals surface area contributed by atoms with Crippen LogP contribution in [0, 0.1) is 6.92 Å². The maximum atomic E-state index is 12.4. The van der Waals surface area contributed by atoms with Crippen LogP contribution in [0.25, 0.3) is 0 Å². The molecule has 0 aromatic heterocycles. The lowest BCUT2D eigenvalue weighted by Crippen LogP contribution is -2.40. The van der Waals surface area contributed by atoms with Gasteiger partial charge in [-0.2, -0.15) is 13.2 Å². The molecular formula is C10H11ClF3NO. The van der Waals surface area contributed by atoms with Crippen molar-refractivity contribution in [2.24, 2.45) is 5.73 Å². The normalized spacial score (nSPS) is 13.6. The molecule has 16 heavy (non-hydrogen) atoms. The summed E-state index contributed by atoms with van der Waals surface area (Å²) in [5.41, 5.74) is 5.55. The van der Waals surface area contributed by atoms with Gasteiger partial charge in [0.05, 0.1) is 0 Å². The Morgan fingerprint density at radius 1 is 1.44 bits per heavy atom.